The minimum absolute atomic E-state index is 0.0896. The molecule has 0 spiro atoms. The van der Waals surface area contributed by atoms with E-state index in [1.54, 1.807) is 18.7 Å². The summed E-state index contributed by atoms with van der Waals surface area (Å²) in [5.41, 5.74) is 0. The number of amides is 1. The van der Waals surface area contributed by atoms with Gasteiger partial charge in [-0.15, -0.1) is 0 Å². The number of aliphatic carboxylic acids is 1. The first-order valence-electron chi connectivity index (χ1n) is 5.13. The SMILES string of the molecule is CC(C(=O)O)C(C)C(=O)N1CCOCC1. The molecule has 0 bridgehead atoms. The van der Waals surface area contributed by atoms with Crippen LogP contribution in [0.25, 0.3) is 0 Å². The fraction of sp³-hybridized carbons (Fsp3) is 0.800. The second-order valence-electron chi connectivity index (χ2n) is 3.85. The van der Waals surface area contributed by atoms with Crippen LogP contribution in [-0.4, -0.2) is 48.2 Å². The molecule has 1 N–H and O–H groups in total. The van der Waals surface area contributed by atoms with Gasteiger partial charge in [0.05, 0.1) is 19.1 Å². The zero-order valence-corrected chi connectivity index (χ0v) is 9.10. The highest BCUT2D eigenvalue weighted by molar-refractivity contribution is 5.84. The molecule has 0 saturated carbocycles. The molecule has 86 valence electrons. The van der Waals surface area contributed by atoms with Gasteiger partial charge < -0.3 is 14.7 Å². The summed E-state index contributed by atoms with van der Waals surface area (Å²) in [5.74, 6) is -2.13. The van der Waals surface area contributed by atoms with Crippen LogP contribution in [0, 0.1) is 11.8 Å². The van der Waals surface area contributed by atoms with Crippen LogP contribution in [0.5, 0.6) is 0 Å². The Hall–Kier alpha value is -1.10. The molecule has 5 nitrogen and oxygen atoms in total. The fourth-order valence-corrected chi connectivity index (χ4v) is 1.50. The molecule has 15 heavy (non-hydrogen) atoms. The summed E-state index contributed by atoms with van der Waals surface area (Å²) >= 11 is 0. The molecule has 0 aromatic heterocycles. The van der Waals surface area contributed by atoms with Gasteiger partial charge in [-0.25, -0.2) is 0 Å². The standard InChI is InChI=1S/C10H17NO4/c1-7(8(2)10(13)14)9(12)11-3-5-15-6-4-11/h7-8H,3-6H2,1-2H3,(H,13,14). The molecule has 1 saturated heterocycles. The van der Waals surface area contributed by atoms with E-state index in [-0.39, 0.29) is 5.91 Å². The highest BCUT2D eigenvalue weighted by Crippen LogP contribution is 2.15. The van der Waals surface area contributed by atoms with E-state index in [1.165, 1.54) is 0 Å². The summed E-state index contributed by atoms with van der Waals surface area (Å²) in [6, 6.07) is 0. The van der Waals surface area contributed by atoms with Crippen LogP contribution in [0.2, 0.25) is 0 Å². The van der Waals surface area contributed by atoms with Crippen molar-refractivity contribution in [2.24, 2.45) is 11.8 Å². The summed E-state index contributed by atoms with van der Waals surface area (Å²) < 4.78 is 5.13. The molecule has 0 aliphatic carbocycles. The third-order valence-corrected chi connectivity index (χ3v) is 2.85. The van der Waals surface area contributed by atoms with Crippen LogP contribution in [0.1, 0.15) is 13.8 Å². The van der Waals surface area contributed by atoms with E-state index in [0.29, 0.717) is 26.3 Å². The second kappa shape index (κ2) is 5.11. The van der Waals surface area contributed by atoms with E-state index in [9.17, 15) is 9.59 Å². The Morgan fingerprint density at radius 2 is 1.73 bits per heavy atom. The lowest BCUT2D eigenvalue weighted by atomic mass is 9.94. The van der Waals surface area contributed by atoms with Gasteiger partial charge in [0.2, 0.25) is 5.91 Å². The summed E-state index contributed by atoms with van der Waals surface area (Å²) in [4.78, 5) is 24.3. The van der Waals surface area contributed by atoms with Gasteiger partial charge in [0.1, 0.15) is 0 Å². The number of carboxylic acids is 1. The Morgan fingerprint density at radius 3 is 2.20 bits per heavy atom. The quantitative estimate of drug-likeness (QED) is 0.730. The Kier molecular flexibility index (Phi) is 4.08. The van der Waals surface area contributed by atoms with Crippen molar-refractivity contribution in [1.29, 1.82) is 0 Å². The first-order chi connectivity index (χ1) is 7.04. The number of morpholine rings is 1. The first-order valence-corrected chi connectivity index (χ1v) is 5.13. The number of carbonyl (C=O) groups is 2. The summed E-state index contributed by atoms with van der Waals surface area (Å²) in [6.07, 6.45) is 0. The Balaban J connectivity index is 2.54. The van der Waals surface area contributed by atoms with Gasteiger partial charge in [-0.1, -0.05) is 13.8 Å². The van der Waals surface area contributed by atoms with Crippen molar-refractivity contribution in [3.8, 4) is 0 Å². The summed E-state index contributed by atoms with van der Waals surface area (Å²) in [6.45, 7) is 5.44. The average molecular weight is 215 g/mol. The van der Waals surface area contributed by atoms with E-state index >= 15 is 0 Å². The molecule has 5 heteroatoms. The topological polar surface area (TPSA) is 66.8 Å². The maximum Gasteiger partial charge on any atom is 0.307 e. The lowest BCUT2D eigenvalue weighted by Gasteiger charge is -2.30. The van der Waals surface area contributed by atoms with Crippen molar-refractivity contribution in [2.75, 3.05) is 26.3 Å². The smallest absolute Gasteiger partial charge is 0.307 e. The molecule has 1 aliphatic heterocycles. The van der Waals surface area contributed by atoms with Gasteiger partial charge in [-0.05, 0) is 0 Å². The lowest BCUT2D eigenvalue weighted by molar-refractivity contribution is -0.150. The van der Waals surface area contributed by atoms with Crippen molar-refractivity contribution in [1.82, 2.24) is 4.90 Å². The molecule has 1 rings (SSSR count). The van der Waals surface area contributed by atoms with Crippen molar-refractivity contribution in [3.05, 3.63) is 0 Å². The monoisotopic (exact) mass is 215 g/mol. The third-order valence-electron chi connectivity index (χ3n) is 2.85. The highest BCUT2D eigenvalue weighted by atomic mass is 16.5. The summed E-state index contributed by atoms with van der Waals surface area (Å²) in [5, 5.41) is 8.80. The fourth-order valence-electron chi connectivity index (χ4n) is 1.50. The van der Waals surface area contributed by atoms with Gasteiger partial charge in [-0.2, -0.15) is 0 Å². The Morgan fingerprint density at radius 1 is 1.20 bits per heavy atom. The minimum atomic E-state index is -0.927. The number of hydrogen-bond acceptors (Lipinski definition) is 3. The predicted octanol–water partition coefficient (Wildman–Crippen LogP) is 0.202. The third kappa shape index (κ3) is 2.92. The number of carbonyl (C=O) groups excluding carboxylic acids is 1. The largest absolute Gasteiger partial charge is 0.481 e. The molecular formula is C10H17NO4. The molecular weight excluding hydrogens is 198 g/mol. The van der Waals surface area contributed by atoms with Crippen molar-refractivity contribution < 1.29 is 19.4 Å². The van der Waals surface area contributed by atoms with Crippen LogP contribution in [0.3, 0.4) is 0 Å². The maximum atomic E-state index is 11.9. The predicted molar refractivity (Wildman–Crippen MR) is 53.4 cm³/mol. The molecule has 1 amide bonds. The zero-order chi connectivity index (χ0) is 11.4. The maximum absolute atomic E-state index is 11.9. The van der Waals surface area contributed by atoms with Gasteiger partial charge in [0, 0.05) is 19.0 Å². The molecule has 1 fully saturated rings. The van der Waals surface area contributed by atoms with Gasteiger partial charge in [0.15, 0.2) is 0 Å². The Labute approximate surface area is 89.0 Å². The first kappa shape index (κ1) is 12.0. The molecule has 0 radical (unpaired) electrons. The number of rotatable bonds is 3. The minimum Gasteiger partial charge on any atom is -0.481 e. The Bertz CT molecular complexity index is 248. The highest BCUT2D eigenvalue weighted by Gasteiger charge is 2.29. The van der Waals surface area contributed by atoms with Gasteiger partial charge in [0.25, 0.3) is 0 Å². The number of carboxylic acid groups (broad SMARTS) is 1. The van der Waals surface area contributed by atoms with E-state index in [0.717, 1.165) is 0 Å². The summed E-state index contributed by atoms with van der Waals surface area (Å²) in [7, 11) is 0. The van der Waals surface area contributed by atoms with Gasteiger partial charge >= 0.3 is 5.97 Å². The average Bonchev–Trinajstić information content (AvgIpc) is 2.27. The molecule has 1 aliphatic rings. The van der Waals surface area contributed by atoms with Crippen LogP contribution >= 0.6 is 0 Å². The molecule has 2 unspecified atom stereocenters. The van der Waals surface area contributed by atoms with Gasteiger partial charge in [-0.3, -0.25) is 9.59 Å². The van der Waals surface area contributed by atoms with Crippen LogP contribution in [0.4, 0.5) is 0 Å². The van der Waals surface area contributed by atoms with E-state index in [2.05, 4.69) is 0 Å². The molecule has 2 atom stereocenters. The van der Waals surface area contributed by atoms with Crippen LogP contribution in [-0.2, 0) is 14.3 Å². The zero-order valence-electron chi connectivity index (χ0n) is 9.10. The second-order valence-corrected chi connectivity index (χ2v) is 3.85. The van der Waals surface area contributed by atoms with E-state index < -0.39 is 17.8 Å². The van der Waals surface area contributed by atoms with Crippen LogP contribution in [0.15, 0.2) is 0 Å². The van der Waals surface area contributed by atoms with Crippen molar-refractivity contribution in [2.45, 2.75) is 13.8 Å². The lowest BCUT2D eigenvalue weighted by Crippen LogP contribution is -2.45. The van der Waals surface area contributed by atoms with E-state index in [1.807, 2.05) is 0 Å². The van der Waals surface area contributed by atoms with E-state index in [4.69, 9.17) is 9.84 Å². The molecule has 1 heterocycles. The molecule has 0 aromatic rings. The molecule has 0 aromatic carbocycles. The normalized spacial score (nSPS) is 20.8. The van der Waals surface area contributed by atoms with Crippen molar-refractivity contribution >= 4 is 11.9 Å². The van der Waals surface area contributed by atoms with Crippen LogP contribution < -0.4 is 0 Å². The van der Waals surface area contributed by atoms with Crippen molar-refractivity contribution in [3.63, 3.8) is 0 Å². The number of hydrogen-bond donors (Lipinski definition) is 1. The number of nitrogens with zero attached hydrogens (tertiary/aromatic N) is 1. The number of ether oxygens (including phenoxy) is 1.